The zero-order valence-electron chi connectivity index (χ0n) is 15.6. The molecule has 25 heavy (non-hydrogen) atoms. The van der Waals surface area contributed by atoms with Crippen molar-refractivity contribution in [1.29, 1.82) is 5.41 Å². The van der Waals surface area contributed by atoms with Gasteiger partial charge in [-0.1, -0.05) is 46.8 Å². The molecule has 0 saturated heterocycles. The maximum absolute atomic E-state index is 13.0. The van der Waals surface area contributed by atoms with Crippen LogP contribution in [-0.4, -0.2) is 29.2 Å². The lowest BCUT2D eigenvalue weighted by Crippen LogP contribution is -2.39. The first kappa shape index (κ1) is 19.0. The second-order valence-electron chi connectivity index (χ2n) is 8.09. The molecule has 6 nitrogen and oxygen atoms in total. The Kier molecular flexibility index (Phi) is 5.20. The normalized spacial score (nSPS) is 17.0. The molecule has 2 rings (SSSR count). The molecule has 0 saturated carbocycles. The highest BCUT2D eigenvalue weighted by atomic mass is 16.2. The predicted molar refractivity (Wildman–Crippen MR) is 98.4 cm³/mol. The Morgan fingerprint density at radius 1 is 1.36 bits per heavy atom. The van der Waals surface area contributed by atoms with E-state index in [-0.39, 0.29) is 35.7 Å². The van der Waals surface area contributed by atoms with Crippen LogP contribution in [0.2, 0.25) is 0 Å². The van der Waals surface area contributed by atoms with Gasteiger partial charge < -0.3 is 10.6 Å². The van der Waals surface area contributed by atoms with Gasteiger partial charge in [0.2, 0.25) is 5.91 Å². The van der Waals surface area contributed by atoms with Crippen molar-refractivity contribution in [2.75, 3.05) is 6.54 Å². The van der Waals surface area contributed by atoms with Crippen LogP contribution in [0.4, 0.5) is 0 Å². The first-order chi connectivity index (χ1) is 11.5. The highest BCUT2D eigenvalue weighted by Crippen LogP contribution is 2.38. The Morgan fingerprint density at radius 3 is 2.52 bits per heavy atom. The van der Waals surface area contributed by atoms with Gasteiger partial charge in [0.25, 0.3) is 5.91 Å². The number of nitrogens with zero attached hydrogens (tertiary/aromatic N) is 1. The average Bonchev–Trinajstić information content (AvgIpc) is 2.70. The van der Waals surface area contributed by atoms with Crippen molar-refractivity contribution in [2.24, 2.45) is 11.7 Å². The average molecular weight is 344 g/mol. The van der Waals surface area contributed by atoms with Crippen LogP contribution < -0.4 is 11.1 Å². The zero-order chi connectivity index (χ0) is 18.9. The van der Waals surface area contributed by atoms with Crippen LogP contribution in [0.3, 0.4) is 0 Å². The molecule has 1 aromatic rings. The van der Waals surface area contributed by atoms with Crippen LogP contribution >= 0.6 is 0 Å². The molecule has 1 aromatic carbocycles. The molecule has 0 radical (unpaired) electrons. The Hall–Kier alpha value is -2.37. The number of benzene rings is 1. The van der Waals surface area contributed by atoms with Crippen molar-refractivity contribution in [3.63, 3.8) is 0 Å². The molecule has 0 spiro atoms. The predicted octanol–water partition coefficient (Wildman–Crippen LogP) is 2.54. The Bertz CT molecular complexity index is 704. The van der Waals surface area contributed by atoms with Gasteiger partial charge in [0.05, 0.1) is 12.5 Å². The topological polar surface area (TPSA) is 99.3 Å². The van der Waals surface area contributed by atoms with E-state index >= 15 is 0 Å². The third kappa shape index (κ3) is 4.18. The fourth-order valence-electron chi connectivity index (χ4n) is 3.16. The van der Waals surface area contributed by atoms with E-state index in [1.165, 1.54) is 0 Å². The maximum atomic E-state index is 13.0. The molecule has 1 unspecified atom stereocenters. The van der Waals surface area contributed by atoms with Gasteiger partial charge in [-0.15, -0.1) is 0 Å². The summed E-state index contributed by atoms with van der Waals surface area (Å²) in [6, 6.07) is 5.62. The summed E-state index contributed by atoms with van der Waals surface area (Å²) in [7, 11) is 0. The number of guanidine groups is 1. The van der Waals surface area contributed by atoms with Crippen molar-refractivity contribution >= 4 is 17.8 Å². The molecule has 0 aromatic heterocycles. The number of nitrogens with one attached hydrogen (secondary N) is 2. The van der Waals surface area contributed by atoms with Crippen molar-refractivity contribution < 1.29 is 9.59 Å². The molecule has 1 atom stereocenters. The summed E-state index contributed by atoms with van der Waals surface area (Å²) < 4.78 is 0. The quantitative estimate of drug-likeness (QED) is 0.578. The van der Waals surface area contributed by atoms with Crippen molar-refractivity contribution in [2.45, 2.75) is 52.5 Å². The second kappa shape index (κ2) is 6.86. The van der Waals surface area contributed by atoms with Gasteiger partial charge in [-0.05, 0) is 28.5 Å². The van der Waals surface area contributed by atoms with Gasteiger partial charge in [0, 0.05) is 12.1 Å². The maximum Gasteiger partial charge on any atom is 0.254 e. The number of carbonyl (C=O) groups is 2. The molecule has 2 amide bonds. The second-order valence-corrected chi connectivity index (χ2v) is 8.09. The van der Waals surface area contributed by atoms with Crippen LogP contribution in [0.1, 0.15) is 68.6 Å². The largest absolute Gasteiger partial charge is 0.370 e. The van der Waals surface area contributed by atoms with Crippen LogP contribution in [0.5, 0.6) is 0 Å². The van der Waals surface area contributed by atoms with E-state index in [1.54, 1.807) is 4.90 Å². The molecule has 0 fully saturated rings. The van der Waals surface area contributed by atoms with Gasteiger partial charge in [-0.25, -0.2) is 0 Å². The number of rotatable bonds is 4. The van der Waals surface area contributed by atoms with Crippen LogP contribution in [0.15, 0.2) is 18.2 Å². The first-order valence-electron chi connectivity index (χ1n) is 8.60. The van der Waals surface area contributed by atoms with E-state index in [0.717, 1.165) is 11.1 Å². The third-order valence-electron chi connectivity index (χ3n) is 4.36. The minimum atomic E-state index is -0.381. The van der Waals surface area contributed by atoms with E-state index in [1.807, 2.05) is 32.0 Å². The lowest BCUT2D eigenvalue weighted by molar-refractivity contribution is -0.120. The van der Waals surface area contributed by atoms with Crippen molar-refractivity contribution in [3.05, 3.63) is 34.9 Å². The highest BCUT2D eigenvalue weighted by Gasteiger charge is 2.38. The minimum Gasteiger partial charge on any atom is -0.370 e. The molecule has 6 heteroatoms. The standard InChI is InChI=1S/C19H28N4O2/c1-11(2)10-23-15(9-16(24)22-18(20)21)13-7-6-12(19(3,4)5)8-14(13)17(23)25/h6-8,11,15H,9-10H2,1-5H3,(H4,20,21,22,24). The summed E-state index contributed by atoms with van der Waals surface area (Å²) in [5, 5.41) is 9.52. The smallest absolute Gasteiger partial charge is 0.254 e. The van der Waals surface area contributed by atoms with Gasteiger partial charge in [-0.3, -0.25) is 20.3 Å². The van der Waals surface area contributed by atoms with Crippen LogP contribution in [0, 0.1) is 11.3 Å². The number of hydrogen-bond donors (Lipinski definition) is 3. The van der Waals surface area contributed by atoms with Gasteiger partial charge in [0.15, 0.2) is 5.96 Å². The summed E-state index contributed by atoms with van der Waals surface area (Å²) in [5.74, 6) is -0.478. The molecule has 1 aliphatic rings. The van der Waals surface area contributed by atoms with Crippen molar-refractivity contribution in [3.8, 4) is 0 Å². The fourth-order valence-corrected chi connectivity index (χ4v) is 3.16. The highest BCUT2D eigenvalue weighted by molar-refractivity contribution is 6.01. The number of amides is 2. The molecule has 4 N–H and O–H groups in total. The summed E-state index contributed by atoms with van der Waals surface area (Å²) in [6.07, 6.45) is 0.0971. The summed E-state index contributed by atoms with van der Waals surface area (Å²) in [5.41, 5.74) is 7.83. The third-order valence-corrected chi connectivity index (χ3v) is 4.36. The summed E-state index contributed by atoms with van der Waals surface area (Å²) in [6.45, 7) is 11.0. The van der Waals surface area contributed by atoms with Gasteiger partial charge >= 0.3 is 0 Å². The summed E-state index contributed by atoms with van der Waals surface area (Å²) in [4.78, 5) is 26.8. The van der Waals surface area contributed by atoms with E-state index < -0.39 is 0 Å². The molecule has 136 valence electrons. The van der Waals surface area contributed by atoms with Gasteiger partial charge in [0.1, 0.15) is 0 Å². The minimum absolute atomic E-state index is 0.0320. The van der Waals surface area contributed by atoms with E-state index in [9.17, 15) is 9.59 Å². The molecule has 0 aliphatic carbocycles. The number of nitrogens with two attached hydrogens (primary N) is 1. The zero-order valence-corrected chi connectivity index (χ0v) is 15.6. The van der Waals surface area contributed by atoms with Crippen LogP contribution in [-0.2, 0) is 10.2 Å². The SMILES string of the molecule is CC(C)CN1C(=O)c2cc(C(C)(C)C)ccc2C1CC(=O)NC(=N)N. The molecular weight excluding hydrogens is 316 g/mol. The molecular formula is C19H28N4O2. The molecule has 0 bridgehead atoms. The number of hydrogen-bond acceptors (Lipinski definition) is 3. The van der Waals surface area contributed by atoms with E-state index in [2.05, 4.69) is 26.1 Å². The number of fused-ring (bicyclic) bond motifs is 1. The first-order valence-corrected chi connectivity index (χ1v) is 8.60. The molecule has 1 aliphatic heterocycles. The Labute approximate surface area is 149 Å². The van der Waals surface area contributed by atoms with Gasteiger partial charge in [-0.2, -0.15) is 0 Å². The number of carbonyl (C=O) groups excluding carboxylic acids is 2. The van der Waals surface area contributed by atoms with Crippen molar-refractivity contribution in [1.82, 2.24) is 10.2 Å². The Balaban J connectivity index is 2.40. The lowest BCUT2D eigenvalue weighted by atomic mass is 9.85. The summed E-state index contributed by atoms with van der Waals surface area (Å²) >= 11 is 0. The lowest BCUT2D eigenvalue weighted by Gasteiger charge is -2.26. The molecule has 1 heterocycles. The Morgan fingerprint density at radius 2 is 2.00 bits per heavy atom. The fraction of sp³-hybridized carbons (Fsp3) is 0.526. The van der Waals surface area contributed by atoms with Crippen LogP contribution in [0.25, 0.3) is 0 Å². The van der Waals surface area contributed by atoms with E-state index in [0.29, 0.717) is 18.0 Å². The monoisotopic (exact) mass is 344 g/mol. The van der Waals surface area contributed by atoms with E-state index in [4.69, 9.17) is 11.1 Å².